The molecule has 0 spiro atoms. The molecule has 26 heavy (non-hydrogen) atoms. The second-order valence-electron chi connectivity index (χ2n) is 6.27. The molecule has 1 aliphatic heterocycles. The van der Waals surface area contributed by atoms with Crippen LogP contribution in [-0.4, -0.2) is 42.9 Å². The van der Waals surface area contributed by atoms with Gasteiger partial charge in [-0.15, -0.1) is 24.0 Å². The first-order chi connectivity index (χ1) is 12.3. The molecule has 0 radical (unpaired) electrons. The Morgan fingerprint density at radius 1 is 1.08 bits per heavy atom. The van der Waals surface area contributed by atoms with Crippen LogP contribution in [0.1, 0.15) is 25.3 Å². The number of hydrogen-bond donors (Lipinski definition) is 2. The first-order valence-corrected chi connectivity index (χ1v) is 9.04. The van der Waals surface area contributed by atoms with Gasteiger partial charge in [-0.1, -0.05) is 42.5 Å². The third kappa shape index (κ3) is 5.33. The Kier molecular flexibility index (Phi) is 8.15. The quantitative estimate of drug-likeness (QED) is 0.405. The predicted molar refractivity (Wildman–Crippen MR) is 118 cm³/mol. The van der Waals surface area contributed by atoms with Crippen molar-refractivity contribution >= 4 is 46.6 Å². The minimum absolute atomic E-state index is 0. The molecule has 1 heterocycles. The van der Waals surface area contributed by atoms with Crippen molar-refractivity contribution < 1.29 is 4.79 Å². The van der Waals surface area contributed by atoms with Gasteiger partial charge in [0, 0.05) is 19.6 Å². The van der Waals surface area contributed by atoms with Crippen LogP contribution in [0.2, 0.25) is 0 Å². The molecule has 6 heteroatoms. The zero-order chi connectivity index (χ0) is 17.5. The molecule has 5 nitrogen and oxygen atoms in total. The number of benzene rings is 2. The zero-order valence-electron chi connectivity index (χ0n) is 15.2. The van der Waals surface area contributed by atoms with Gasteiger partial charge in [0.05, 0.1) is 13.1 Å². The van der Waals surface area contributed by atoms with Crippen LogP contribution >= 0.6 is 24.0 Å². The molecule has 0 saturated carbocycles. The lowest BCUT2D eigenvalue weighted by molar-refractivity contribution is -0.128. The summed E-state index contributed by atoms with van der Waals surface area (Å²) in [4.78, 5) is 18.8. The highest BCUT2D eigenvalue weighted by Gasteiger charge is 2.17. The van der Waals surface area contributed by atoms with Crippen molar-refractivity contribution in [2.75, 3.05) is 26.2 Å². The first kappa shape index (κ1) is 20.5. The van der Waals surface area contributed by atoms with Crippen LogP contribution in [0, 0.1) is 0 Å². The summed E-state index contributed by atoms with van der Waals surface area (Å²) in [5.41, 5.74) is 1.18. The maximum absolute atomic E-state index is 12.2. The molecular weight excluding hydrogens is 439 g/mol. The number of aliphatic imine (C=N–C) groups is 1. The van der Waals surface area contributed by atoms with E-state index in [1.54, 1.807) is 0 Å². The maximum Gasteiger partial charge on any atom is 0.241 e. The van der Waals surface area contributed by atoms with Gasteiger partial charge in [-0.25, -0.2) is 4.99 Å². The van der Waals surface area contributed by atoms with Crippen LogP contribution < -0.4 is 10.6 Å². The highest BCUT2D eigenvalue weighted by atomic mass is 127. The molecule has 1 fully saturated rings. The number of guanidine groups is 1. The molecule has 0 aromatic heterocycles. The van der Waals surface area contributed by atoms with E-state index < -0.39 is 0 Å². The number of nitrogens with one attached hydrogen (secondary N) is 2. The Hall–Kier alpha value is -1.83. The number of amides is 1. The molecule has 0 unspecified atom stereocenters. The minimum Gasteiger partial charge on any atom is -0.357 e. The number of carbonyl (C=O) groups excluding carboxylic acids is 1. The number of nitrogens with zero attached hydrogens (tertiary/aromatic N) is 2. The van der Waals surface area contributed by atoms with Gasteiger partial charge >= 0.3 is 0 Å². The second kappa shape index (κ2) is 10.4. The molecule has 2 aromatic carbocycles. The Balaban J connectivity index is 0.00000243. The number of halogens is 1. The summed E-state index contributed by atoms with van der Waals surface area (Å²) in [5, 5.41) is 8.82. The predicted octanol–water partition coefficient (Wildman–Crippen LogP) is 3.14. The summed E-state index contributed by atoms with van der Waals surface area (Å²) >= 11 is 0. The van der Waals surface area contributed by atoms with Crippen LogP contribution in [0.5, 0.6) is 0 Å². The molecule has 0 atom stereocenters. The number of rotatable bonds is 5. The fraction of sp³-hybridized carbons (Fsp3) is 0.400. The Labute approximate surface area is 172 Å². The van der Waals surface area contributed by atoms with Gasteiger partial charge in [-0.2, -0.15) is 0 Å². The molecule has 1 amide bonds. The molecule has 140 valence electrons. The summed E-state index contributed by atoms with van der Waals surface area (Å²) in [6, 6.07) is 14.6. The van der Waals surface area contributed by atoms with Crippen molar-refractivity contribution in [1.82, 2.24) is 15.5 Å². The number of carbonyl (C=O) groups is 1. The lowest BCUT2D eigenvalue weighted by Gasteiger charge is -2.17. The van der Waals surface area contributed by atoms with Gasteiger partial charge in [0.15, 0.2) is 5.96 Å². The fourth-order valence-corrected chi connectivity index (χ4v) is 3.17. The topological polar surface area (TPSA) is 56.7 Å². The molecular formula is C20H27IN4O. The van der Waals surface area contributed by atoms with E-state index in [0.29, 0.717) is 19.0 Å². The van der Waals surface area contributed by atoms with Gasteiger partial charge in [-0.05, 0) is 36.1 Å². The summed E-state index contributed by atoms with van der Waals surface area (Å²) in [6.45, 7) is 5.42. The average molecular weight is 466 g/mol. The molecule has 0 aliphatic carbocycles. The van der Waals surface area contributed by atoms with Gasteiger partial charge in [0.25, 0.3) is 0 Å². The molecule has 1 aliphatic rings. The molecule has 1 saturated heterocycles. The Bertz CT molecular complexity index is 751. The van der Waals surface area contributed by atoms with Crippen molar-refractivity contribution in [3.05, 3.63) is 48.0 Å². The van der Waals surface area contributed by atoms with E-state index >= 15 is 0 Å². The normalized spacial score (nSPS) is 14.2. The second-order valence-corrected chi connectivity index (χ2v) is 6.27. The molecule has 2 aromatic rings. The van der Waals surface area contributed by atoms with Crippen molar-refractivity contribution in [2.45, 2.75) is 26.3 Å². The summed E-state index contributed by atoms with van der Waals surface area (Å²) < 4.78 is 0. The highest BCUT2D eigenvalue weighted by Crippen LogP contribution is 2.19. The number of fused-ring (bicyclic) bond motifs is 1. The van der Waals surface area contributed by atoms with Gasteiger partial charge in [0.2, 0.25) is 5.91 Å². The van der Waals surface area contributed by atoms with E-state index in [0.717, 1.165) is 32.5 Å². The smallest absolute Gasteiger partial charge is 0.241 e. The summed E-state index contributed by atoms with van der Waals surface area (Å²) in [6.07, 6.45) is 2.22. The third-order valence-corrected chi connectivity index (χ3v) is 4.50. The van der Waals surface area contributed by atoms with E-state index in [1.165, 1.54) is 16.3 Å². The van der Waals surface area contributed by atoms with Crippen LogP contribution in [0.4, 0.5) is 0 Å². The molecule has 3 rings (SSSR count). The summed E-state index contributed by atoms with van der Waals surface area (Å²) in [7, 11) is 0. The van der Waals surface area contributed by atoms with Crippen LogP contribution in [0.3, 0.4) is 0 Å². The number of hydrogen-bond acceptors (Lipinski definition) is 2. The van der Waals surface area contributed by atoms with Crippen molar-refractivity contribution in [2.24, 2.45) is 4.99 Å². The number of likely N-dealkylation sites (tertiary alicyclic amines) is 1. The maximum atomic E-state index is 12.2. The lowest BCUT2D eigenvalue weighted by atomic mass is 10.1. The van der Waals surface area contributed by atoms with Gasteiger partial charge in [0.1, 0.15) is 0 Å². The van der Waals surface area contributed by atoms with Crippen LogP contribution in [0.15, 0.2) is 47.5 Å². The van der Waals surface area contributed by atoms with Crippen LogP contribution in [0.25, 0.3) is 10.8 Å². The van der Waals surface area contributed by atoms with Crippen molar-refractivity contribution in [3.63, 3.8) is 0 Å². The Morgan fingerprint density at radius 2 is 1.81 bits per heavy atom. The molecule has 0 bridgehead atoms. The first-order valence-electron chi connectivity index (χ1n) is 9.04. The highest BCUT2D eigenvalue weighted by molar-refractivity contribution is 14.0. The van der Waals surface area contributed by atoms with Crippen molar-refractivity contribution in [3.8, 4) is 0 Å². The van der Waals surface area contributed by atoms with Gasteiger partial charge in [-0.3, -0.25) is 4.79 Å². The minimum atomic E-state index is 0. The Morgan fingerprint density at radius 3 is 2.58 bits per heavy atom. The van der Waals surface area contributed by atoms with E-state index in [9.17, 15) is 4.79 Å². The van der Waals surface area contributed by atoms with E-state index in [4.69, 9.17) is 0 Å². The third-order valence-electron chi connectivity index (χ3n) is 4.50. The fourth-order valence-electron chi connectivity index (χ4n) is 3.17. The van der Waals surface area contributed by atoms with Gasteiger partial charge < -0.3 is 15.5 Å². The average Bonchev–Trinajstić information content (AvgIpc) is 3.18. The summed E-state index contributed by atoms with van der Waals surface area (Å²) in [5.74, 6) is 0.830. The largest absolute Gasteiger partial charge is 0.357 e. The van der Waals surface area contributed by atoms with E-state index in [2.05, 4.69) is 46.0 Å². The van der Waals surface area contributed by atoms with E-state index in [1.807, 2.05) is 24.0 Å². The molecule has 2 N–H and O–H groups in total. The van der Waals surface area contributed by atoms with Crippen molar-refractivity contribution in [1.29, 1.82) is 0 Å². The van der Waals surface area contributed by atoms with E-state index in [-0.39, 0.29) is 29.9 Å². The zero-order valence-corrected chi connectivity index (χ0v) is 17.5. The lowest BCUT2D eigenvalue weighted by Crippen LogP contribution is -2.44. The monoisotopic (exact) mass is 466 g/mol. The van der Waals surface area contributed by atoms with Crippen LogP contribution in [-0.2, 0) is 11.3 Å². The SMILES string of the molecule is CCNC(=NCc1cccc2ccccc12)NCC(=O)N1CCCC1.I. The standard InChI is InChI=1S/C20H26N4O.HI/c1-2-21-20(23-15-19(25)24-12-5-6-13-24)22-14-17-10-7-9-16-8-3-4-11-18(16)17;/h3-4,7-11H,2,5-6,12-15H2,1H3,(H2,21,22,23);1H.